The second-order valence-electron chi connectivity index (χ2n) is 4.70. The Labute approximate surface area is 96.0 Å². The number of carbonyl (C=O) groups excluding carboxylic acids is 1. The van der Waals surface area contributed by atoms with Crippen LogP contribution in [0, 0.1) is 11.3 Å². The number of halogens is 1. The van der Waals surface area contributed by atoms with E-state index in [1.54, 1.807) is 20.8 Å². The van der Waals surface area contributed by atoms with Gasteiger partial charge in [0.1, 0.15) is 11.8 Å². The zero-order chi connectivity index (χ0) is 12.9. The standard InChI is InChI=1S/C11H19FN2O2/c1-8(12)9(6-7-13)14(5)10(15)16-11(2,3)4/h8-9H,6H2,1-5H3. The number of nitrogens with zero attached hydrogens (tertiary/aromatic N) is 2. The minimum atomic E-state index is -1.27. The molecule has 0 rings (SSSR count). The van der Waals surface area contributed by atoms with E-state index in [1.807, 2.05) is 6.07 Å². The van der Waals surface area contributed by atoms with E-state index in [4.69, 9.17) is 10.00 Å². The molecule has 0 aromatic carbocycles. The quantitative estimate of drug-likeness (QED) is 0.748. The number of rotatable bonds is 3. The first-order valence-electron chi connectivity index (χ1n) is 5.16. The molecule has 0 aromatic rings. The zero-order valence-corrected chi connectivity index (χ0v) is 10.5. The van der Waals surface area contributed by atoms with Crippen LogP contribution in [0.3, 0.4) is 0 Å². The molecule has 0 saturated heterocycles. The van der Waals surface area contributed by atoms with E-state index in [1.165, 1.54) is 14.0 Å². The molecule has 4 nitrogen and oxygen atoms in total. The predicted molar refractivity (Wildman–Crippen MR) is 58.6 cm³/mol. The molecule has 0 heterocycles. The minimum absolute atomic E-state index is 0.0482. The molecule has 1 amide bonds. The normalized spacial score (nSPS) is 14.8. The van der Waals surface area contributed by atoms with Crippen molar-refractivity contribution in [2.75, 3.05) is 7.05 Å². The third kappa shape index (κ3) is 4.96. The van der Waals surface area contributed by atoms with E-state index in [9.17, 15) is 9.18 Å². The average Bonchev–Trinajstić information content (AvgIpc) is 2.09. The van der Waals surface area contributed by atoms with Crippen LogP contribution in [0.15, 0.2) is 0 Å². The van der Waals surface area contributed by atoms with Crippen LogP contribution in [0.5, 0.6) is 0 Å². The summed E-state index contributed by atoms with van der Waals surface area (Å²) in [6, 6.07) is 1.09. The van der Waals surface area contributed by atoms with Crippen molar-refractivity contribution >= 4 is 6.09 Å². The van der Waals surface area contributed by atoms with Crippen molar-refractivity contribution in [2.45, 2.75) is 51.9 Å². The van der Waals surface area contributed by atoms with Gasteiger partial charge in [-0.25, -0.2) is 9.18 Å². The van der Waals surface area contributed by atoms with Crippen LogP contribution in [-0.4, -0.2) is 35.9 Å². The molecule has 0 saturated carbocycles. The molecule has 5 heteroatoms. The molecule has 92 valence electrons. The Morgan fingerprint density at radius 2 is 2.06 bits per heavy atom. The highest BCUT2D eigenvalue weighted by molar-refractivity contribution is 5.68. The van der Waals surface area contributed by atoms with Gasteiger partial charge in [0.15, 0.2) is 0 Å². The van der Waals surface area contributed by atoms with Crippen LogP contribution in [-0.2, 0) is 4.74 Å². The van der Waals surface area contributed by atoms with E-state index in [0.29, 0.717) is 0 Å². The minimum Gasteiger partial charge on any atom is -0.444 e. The van der Waals surface area contributed by atoms with Gasteiger partial charge < -0.3 is 9.64 Å². The molecule has 2 atom stereocenters. The van der Waals surface area contributed by atoms with E-state index >= 15 is 0 Å². The van der Waals surface area contributed by atoms with Gasteiger partial charge in [-0.2, -0.15) is 5.26 Å². The summed E-state index contributed by atoms with van der Waals surface area (Å²) in [7, 11) is 1.44. The molecule has 0 aliphatic rings. The fourth-order valence-electron chi connectivity index (χ4n) is 1.17. The first-order valence-corrected chi connectivity index (χ1v) is 5.16. The van der Waals surface area contributed by atoms with Gasteiger partial charge in [0.05, 0.1) is 18.5 Å². The maximum atomic E-state index is 13.2. The fraction of sp³-hybridized carbons (Fsp3) is 0.818. The van der Waals surface area contributed by atoms with Crippen molar-refractivity contribution in [3.8, 4) is 6.07 Å². The lowest BCUT2D eigenvalue weighted by molar-refractivity contribution is 0.0151. The summed E-state index contributed by atoms with van der Waals surface area (Å²) in [5.74, 6) is 0. The second kappa shape index (κ2) is 5.69. The number of hydrogen-bond acceptors (Lipinski definition) is 3. The Morgan fingerprint density at radius 3 is 2.38 bits per heavy atom. The van der Waals surface area contributed by atoms with Gasteiger partial charge in [-0.1, -0.05) is 0 Å². The Balaban J connectivity index is 4.57. The number of hydrogen-bond donors (Lipinski definition) is 0. The molecule has 0 aliphatic carbocycles. The van der Waals surface area contributed by atoms with E-state index in [2.05, 4.69) is 0 Å². The average molecular weight is 230 g/mol. The lowest BCUT2D eigenvalue weighted by Gasteiger charge is -2.30. The zero-order valence-electron chi connectivity index (χ0n) is 10.5. The van der Waals surface area contributed by atoms with Crippen molar-refractivity contribution in [2.24, 2.45) is 0 Å². The lowest BCUT2D eigenvalue weighted by atomic mass is 10.1. The van der Waals surface area contributed by atoms with Gasteiger partial charge in [0, 0.05) is 7.05 Å². The van der Waals surface area contributed by atoms with Gasteiger partial charge in [-0.3, -0.25) is 0 Å². The number of nitriles is 1. The van der Waals surface area contributed by atoms with Crippen molar-refractivity contribution in [3.05, 3.63) is 0 Å². The maximum Gasteiger partial charge on any atom is 0.410 e. The van der Waals surface area contributed by atoms with Crippen LogP contribution in [0.1, 0.15) is 34.1 Å². The Morgan fingerprint density at radius 1 is 1.56 bits per heavy atom. The van der Waals surface area contributed by atoms with E-state index < -0.39 is 23.9 Å². The molecule has 0 aromatic heterocycles. The second-order valence-corrected chi connectivity index (χ2v) is 4.70. The Bertz CT molecular complexity index is 279. The van der Waals surface area contributed by atoms with Crippen molar-refractivity contribution in [1.29, 1.82) is 5.26 Å². The van der Waals surface area contributed by atoms with Crippen LogP contribution >= 0.6 is 0 Å². The third-order valence-corrected chi connectivity index (χ3v) is 2.01. The Hall–Kier alpha value is -1.31. The highest BCUT2D eigenvalue weighted by Crippen LogP contribution is 2.15. The summed E-state index contributed by atoms with van der Waals surface area (Å²) < 4.78 is 18.3. The Kier molecular flexibility index (Phi) is 5.22. The number of amides is 1. The van der Waals surface area contributed by atoms with Gasteiger partial charge >= 0.3 is 6.09 Å². The SMILES string of the molecule is CC(F)C(CC#N)N(C)C(=O)OC(C)(C)C. The fourth-order valence-corrected chi connectivity index (χ4v) is 1.17. The van der Waals surface area contributed by atoms with Gasteiger partial charge in [-0.15, -0.1) is 0 Å². The molecule has 0 bridgehead atoms. The number of carbonyl (C=O) groups is 1. The van der Waals surface area contributed by atoms with E-state index in [0.717, 1.165) is 4.90 Å². The van der Waals surface area contributed by atoms with Crippen LogP contribution in [0.25, 0.3) is 0 Å². The summed E-state index contributed by atoms with van der Waals surface area (Å²) in [5, 5.41) is 8.55. The van der Waals surface area contributed by atoms with Crippen LogP contribution in [0.4, 0.5) is 9.18 Å². The summed E-state index contributed by atoms with van der Waals surface area (Å²) >= 11 is 0. The number of alkyl halides is 1. The number of ether oxygens (including phenoxy) is 1. The summed E-state index contributed by atoms with van der Waals surface area (Å²) in [4.78, 5) is 12.7. The van der Waals surface area contributed by atoms with Crippen LogP contribution < -0.4 is 0 Å². The summed E-state index contributed by atoms with van der Waals surface area (Å²) in [6.45, 7) is 6.52. The first-order chi connectivity index (χ1) is 7.19. The smallest absolute Gasteiger partial charge is 0.410 e. The van der Waals surface area contributed by atoms with Crippen LogP contribution in [0.2, 0.25) is 0 Å². The lowest BCUT2D eigenvalue weighted by Crippen LogP contribution is -2.44. The summed E-state index contributed by atoms with van der Waals surface area (Å²) in [5.41, 5.74) is -0.623. The maximum absolute atomic E-state index is 13.2. The van der Waals surface area contributed by atoms with Gasteiger partial charge in [-0.05, 0) is 27.7 Å². The molecule has 0 fully saturated rings. The van der Waals surface area contributed by atoms with Crippen molar-refractivity contribution in [3.63, 3.8) is 0 Å². The van der Waals surface area contributed by atoms with Crippen molar-refractivity contribution in [1.82, 2.24) is 4.90 Å². The topological polar surface area (TPSA) is 53.3 Å². The third-order valence-electron chi connectivity index (χ3n) is 2.01. The molecule has 2 unspecified atom stereocenters. The van der Waals surface area contributed by atoms with E-state index in [-0.39, 0.29) is 6.42 Å². The van der Waals surface area contributed by atoms with Gasteiger partial charge in [0.2, 0.25) is 0 Å². The first kappa shape index (κ1) is 14.7. The molecule has 0 aliphatic heterocycles. The van der Waals surface area contributed by atoms with Gasteiger partial charge in [0.25, 0.3) is 0 Å². The largest absolute Gasteiger partial charge is 0.444 e. The molecule has 16 heavy (non-hydrogen) atoms. The predicted octanol–water partition coefficient (Wildman–Crippen LogP) is 2.49. The molecular formula is C11H19FN2O2. The molecule has 0 spiro atoms. The van der Waals surface area contributed by atoms with Crippen molar-refractivity contribution < 1.29 is 13.9 Å². The monoisotopic (exact) mass is 230 g/mol. The molecular weight excluding hydrogens is 211 g/mol. The molecule has 0 N–H and O–H groups in total. The highest BCUT2D eigenvalue weighted by atomic mass is 19.1. The summed E-state index contributed by atoms with van der Waals surface area (Å²) in [6.07, 6.45) is -1.93. The highest BCUT2D eigenvalue weighted by Gasteiger charge is 2.28. The molecule has 0 radical (unpaired) electrons.